The normalized spacial score (nSPS) is 10.2. The van der Waals surface area contributed by atoms with E-state index in [-0.39, 0.29) is 17.2 Å². The third kappa shape index (κ3) is 3.63. The van der Waals surface area contributed by atoms with Crippen LogP contribution >= 0.6 is 43.2 Å². The van der Waals surface area contributed by atoms with E-state index in [2.05, 4.69) is 37.2 Å². The maximum absolute atomic E-state index is 12.2. The van der Waals surface area contributed by atoms with Gasteiger partial charge in [0.1, 0.15) is 5.75 Å². The molecule has 0 atom stereocenters. The van der Waals surface area contributed by atoms with Gasteiger partial charge in [-0.3, -0.25) is 4.79 Å². The van der Waals surface area contributed by atoms with Crippen LogP contribution in [-0.2, 0) is 0 Å². The summed E-state index contributed by atoms with van der Waals surface area (Å²) in [7, 11) is 1.47. The first-order valence-corrected chi connectivity index (χ1v) is 8.00. The molecule has 0 spiro atoms. The number of thiophene rings is 1. The van der Waals surface area contributed by atoms with Crippen molar-refractivity contribution in [3.8, 4) is 5.75 Å². The first-order valence-electron chi connectivity index (χ1n) is 5.60. The van der Waals surface area contributed by atoms with Crippen LogP contribution in [0, 0.1) is 0 Å². The minimum absolute atomic E-state index is 0.00108. The van der Waals surface area contributed by atoms with Crippen LogP contribution in [0.15, 0.2) is 32.5 Å². The van der Waals surface area contributed by atoms with Gasteiger partial charge in [-0.15, -0.1) is 11.3 Å². The third-order valence-electron chi connectivity index (χ3n) is 2.57. The standard InChI is InChI=1S/C13H9Br2NO4S/c1-20-6-2-3-7(13(18)19)9(4-6)16-12(17)10-5-8(14)11(15)21-10/h2-5H,1H3,(H,16,17)(H,18,19). The largest absolute Gasteiger partial charge is 0.497 e. The average molecular weight is 435 g/mol. The van der Waals surface area contributed by atoms with Gasteiger partial charge in [-0.2, -0.15) is 0 Å². The summed E-state index contributed by atoms with van der Waals surface area (Å²) < 4.78 is 6.60. The highest BCUT2D eigenvalue weighted by Gasteiger charge is 2.17. The number of carboxylic acids is 1. The van der Waals surface area contributed by atoms with Gasteiger partial charge in [0.2, 0.25) is 0 Å². The van der Waals surface area contributed by atoms with Crippen LogP contribution in [-0.4, -0.2) is 24.1 Å². The van der Waals surface area contributed by atoms with Crippen molar-refractivity contribution in [2.75, 3.05) is 12.4 Å². The van der Waals surface area contributed by atoms with Crippen LogP contribution in [0.2, 0.25) is 0 Å². The lowest BCUT2D eigenvalue weighted by molar-refractivity contribution is 0.0698. The monoisotopic (exact) mass is 433 g/mol. The molecule has 0 fully saturated rings. The fourth-order valence-corrected chi connectivity index (χ4v) is 3.51. The molecule has 21 heavy (non-hydrogen) atoms. The Morgan fingerprint density at radius 2 is 2.00 bits per heavy atom. The lowest BCUT2D eigenvalue weighted by Crippen LogP contribution is -2.13. The Morgan fingerprint density at radius 1 is 1.29 bits per heavy atom. The van der Waals surface area contributed by atoms with Gasteiger partial charge in [0.05, 0.1) is 27.0 Å². The number of aromatic carboxylic acids is 1. The lowest BCUT2D eigenvalue weighted by Gasteiger charge is -2.09. The van der Waals surface area contributed by atoms with Gasteiger partial charge in [-0.1, -0.05) is 0 Å². The van der Waals surface area contributed by atoms with Crippen molar-refractivity contribution in [3.05, 3.63) is 43.0 Å². The number of hydrogen-bond acceptors (Lipinski definition) is 4. The van der Waals surface area contributed by atoms with Gasteiger partial charge < -0.3 is 15.2 Å². The Labute approximate surface area is 141 Å². The van der Waals surface area contributed by atoms with Crippen molar-refractivity contribution >= 4 is 60.8 Å². The minimum atomic E-state index is -1.12. The highest BCUT2D eigenvalue weighted by atomic mass is 79.9. The summed E-state index contributed by atoms with van der Waals surface area (Å²) in [4.78, 5) is 23.8. The molecule has 1 aromatic heterocycles. The number of halogens is 2. The molecule has 2 N–H and O–H groups in total. The van der Waals surface area contributed by atoms with Crippen LogP contribution in [0.3, 0.4) is 0 Å². The van der Waals surface area contributed by atoms with Crippen LogP contribution in [0.4, 0.5) is 5.69 Å². The molecule has 0 aliphatic rings. The van der Waals surface area contributed by atoms with E-state index in [0.717, 1.165) is 8.26 Å². The molecule has 110 valence electrons. The summed E-state index contributed by atoms with van der Waals surface area (Å²) in [6.07, 6.45) is 0. The van der Waals surface area contributed by atoms with Gasteiger partial charge in [-0.05, 0) is 50.1 Å². The number of rotatable bonds is 4. The summed E-state index contributed by atoms with van der Waals surface area (Å²) in [6, 6.07) is 6.04. The predicted octanol–water partition coefficient (Wildman–Crippen LogP) is 4.23. The zero-order chi connectivity index (χ0) is 15.6. The Hall–Kier alpha value is -1.38. The van der Waals surface area contributed by atoms with Gasteiger partial charge >= 0.3 is 5.97 Å². The smallest absolute Gasteiger partial charge is 0.337 e. The molecule has 0 radical (unpaired) electrons. The highest BCUT2D eigenvalue weighted by molar-refractivity contribution is 9.13. The molecule has 0 saturated carbocycles. The van der Waals surface area contributed by atoms with Gasteiger partial charge in [0.25, 0.3) is 5.91 Å². The minimum Gasteiger partial charge on any atom is -0.497 e. The lowest BCUT2D eigenvalue weighted by atomic mass is 10.1. The van der Waals surface area contributed by atoms with E-state index in [1.807, 2.05) is 0 Å². The molecule has 0 aliphatic carbocycles. The number of methoxy groups -OCH3 is 1. The summed E-state index contributed by atoms with van der Waals surface area (Å²) in [5.74, 6) is -1.05. The first kappa shape index (κ1) is 16.0. The van der Waals surface area contributed by atoms with E-state index in [0.29, 0.717) is 10.6 Å². The first-order chi connectivity index (χ1) is 9.92. The Bertz CT molecular complexity index is 695. The number of nitrogens with one attached hydrogen (secondary N) is 1. The zero-order valence-corrected chi connectivity index (χ0v) is 14.6. The van der Waals surface area contributed by atoms with Crippen molar-refractivity contribution < 1.29 is 19.4 Å². The SMILES string of the molecule is COc1ccc(C(=O)O)c(NC(=O)c2cc(Br)c(Br)s2)c1. The Kier molecular flexibility index (Phi) is 5.02. The zero-order valence-electron chi connectivity index (χ0n) is 10.6. The molecule has 1 aromatic carbocycles. The fraction of sp³-hybridized carbons (Fsp3) is 0.0769. The molecule has 0 aliphatic heterocycles. The van der Waals surface area contributed by atoms with E-state index in [1.54, 1.807) is 6.07 Å². The predicted molar refractivity (Wildman–Crippen MR) is 87.6 cm³/mol. The number of benzene rings is 1. The summed E-state index contributed by atoms with van der Waals surface area (Å²) in [5.41, 5.74) is 0.186. The number of amides is 1. The van der Waals surface area contributed by atoms with Crippen LogP contribution in [0.1, 0.15) is 20.0 Å². The number of carboxylic acid groups (broad SMARTS) is 1. The second-order valence-corrected chi connectivity index (χ2v) is 7.13. The molecule has 2 rings (SSSR count). The van der Waals surface area contributed by atoms with Gasteiger partial charge in [-0.25, -0.2) is 4.79 Å². The quantitative estimate of drug-likeness (QED) is 0.754. The molecule has 0 bridgehead atoms. The molecular formula is C13H9Br2NO4S. The molecule has 0 saturated heterocycles. The number of anilines is 1. The van der Waals surface area contributed by atoms with Crippen molar-refractivity contribution in [1.82, 2.24) is 0 Å². The summed E-state index contributed by atoms with van der Waals surface area (Å²) in [6.45, 7) is 0. The molecule has 5 nitrogen and oxygen atoms in total. The van der Waals surface area contributed by atoms with Gasteiger partial charge in [0, 0.05) is 10.5 Å². The number of hydrogen-bond donors (Lipinski definition) is 2. The van der Waals surface area contributed by atoms with Crippen molar-refractivity contribution in [2.24, 2.45) is 0 Å². The third-order valence-corrected chi connectivity index (χ3v) is 5.83. The summed E-state index contributed by atoms with van der Waals surface area (Å²) in [5, 5.41) is 11.7. The van der Waals surface area contributed by atoms with Crippen LogP contribution in [0.25, 0.3) is 0 Å². The Morgan fingerprint density at radius 3 is 2.52 bits per heavy atom. The van der Waals surface area contributed by atoms with Crippen molar-refractivity contribution in [1.29, 1.82) is 0 Å². The molecule has 2 aromatic rings. The van der Waals surface area contributed by atoms with Crippen molar-refractivity contribution in [3.63, 3.8) is 0 Å². The number of carbonyl (C=O) groups is 2. The highest BCUT2D eigenvalue weighted by Crippen LogP contribution is 2.33. The second kappa shape index (κ2) is 6.59. The number of ether oxygens (including phenoxy) is 1. The summed E-state index contributed by atoms with van der Waals surface area (Å²) >= 11 is 7.85. The van der Waals surface area contributed by atoms with E-state index >= 15 is 0 Å². The second-order valence-electron chi connectivity index (χ2n) is 3.90. The topological polar surface area (TPSA) is 75.6 Å². The van der Waals surface area contributed by atoms with Crippen molar-refractivity contribution in [2.45, 2.75) is 0 Å². The van der Waals surface area contributed by atoms with Crippen LogP contribution < -0.4 is 10.1 Å². The maximum Gasteiger partial charge on any atom is 0.337 e. The molecule has 0 unspecified atom stereocenters. The van der Waals surface area contributed by atoms with E-state index < -0.39 is 5.97 Å². The molecule has 1 heterocycles. The van der Waals surface area contributed by atoms with E-state index in [9.17, 15) is 9.59 Å². The molecule has 8 heteroatoms. The van der Waals surface area contributed by atoms with Crippen LogP contribution in [0.5, 0.6) is 5.75 Å². The van der Waals surface area contributed by atoms with E-state index in [1.165, 1.54) is 36.6 Å². The number of carbonyl (C=O) groups excluding carboxylic acids is 1. The van der Waals surface area contributed by atoms with E-state index in [4.69, 9.17) is 9.84 Å². The maximum atomic E-state index is 12.2. The van der Waals surface area contributed by atoms with Gasteiger partial charge in [0.15, 0.2) is 0 Å². The molecule has 1 amide bonds. The molecular weight excluding hydrogens is 426 g/mol. The average Bonchev–Trinajstić information content (AvgIpc) is 2.78. The Balaban J connectivity index is 2.33. The fourth-order valence-electron chi connectivity index (χ4n) is 1.58.